The fourth-order valence-electron chi connectivity index (χ4n) is 1.75. The van der Waals surface area contributed by atoms with Crippen LogP contribution in [-0.4, -0.2) is 18.3 Å². The van der Waals surface area contributed by atoms with Gasteiger partial charge in [-0.15, -0.1) is 0 Å². The average molecular weight is 214 g/mol. The Labute approximate surface area is 97.3 Å². The molecule has 2 heteroatoms. The molecule has 0 atom stereocenters. The summed E-state index contributed by atoms with van der Waals surface area (Å²) in [5.41, 5.74) is 4.64. The van der Waals surface area contributed by atoms with Gasteiger partial charge in [0.25, 0.3) is 0 Å². The van der Waals surface area contributed by atoms with Gasteiger partial charge < -0.3 is 4.90 Å². The second-order valence-electron chi connectivity index (χ2n) is 5.28. The number of benzene rings is 1. The first-order valence-electron chi connectivity index (χ1n) is 5.50. The van der Waals surface area contributed by atoms with E-state index >= 15 is 0 Å². The van der Waals surface area contributed by atoms with Crippen LogP contribution in [0.4, 0.5) is 5.69 Å². The fraction of sp³-hybridized carbons (Fsp3) is 0.357. The Morgan fingerprint density at radius 1 is 1.25 bits per heavy atom. The van der Waals surface area contributed by atoms with E-state index in [0.29, 0.717) is 0 Å². The highest BCUT2D eigenvalue weighted by Crippen LogP contribution is 2.34. The maximum Gasteiger partial charge on any atom is 0.0954 e. The summed E-state index contributed by atoms with van der Waals surface area (Å²) in [4.78, 5) is 6.34. The van der Waals surface area contributed by atoms with Crippen molar-refractivity contribution in [1.29, 1.82) is 0 Å². The predicted octanol–water partition coefficient (Wildman–Crippen LogP) is 3.56. The third-order valence-electron chi connectivity index (χ3n) is 2.97. The molecule has 1 aromatic carbocycles. The van der Waals surface area contributed by atoms with Gasteiger partial charge in [0.15, 0.2) is 0 Å². The topological polar surface area (TPSA) is 15.6 Å². The predicted molar refractivity (Wildman–Crippen MR) is 70.1 cm³/mol. The van der Waals surface area contributed by atoms with Crippen molar-refractivity contribution in [2.75, 3.05) is 7.05 Å². The van der Waals surface area contributed by atoms with Crippen LogP contribution in [0.15, 0.2) is 29.8 Å². The molecule has 0 fully saturated rings. The molecule has 1 aromatic rings. The van der Waals surface area contributed by atoms with Crippen molar-refractivity contribution in [2.24, 2.45) is 4.99 Å². The Kier molecular flexibility index (Phi) is 2.38. The van der Waals surface area contributed by atoms with Gasteiger partial charge in [-0.1, -0.05) is 33.4 Å². The fourth-order valence-corrected chi connectivity index (χ4v) is 1.75. The molecule has 0 aliphatic carbocycles. The standard InChI is InChI=1S/C14H18N2/c1-10-12-8-11(14(2,3)4)6-7-13(12)15-9-16(10)5/h6-9H,1H2,2-5H3. The molecule has 0 spiro atoms. The van der Waals surface area contributed by atoms with Crippen LogP contribution in [0.5, 0.6) is 0 Å². The zero-order valence-electron chi connectivity index (χ0n) is 10.4. The highest BCUT2D eigenvalue weighted by atomic mass is 15.2. The van der Waals surface area contributed by atoms with Gasteiger partial charge in [-0.2, -0.15) is 0 Å². The monoisotopic (exact) mass is 214 g/mol. The van der Waals surface area contributed by atoms with Gasteiger partial charge >= 0.3 is 0 Å². The van der Waals surface area contributed by atoms with Crippen molar-refractivity contribution < 1.29 is 0 Å². The van der Waals surface area contributed by atoms with Crippen molar-refractivity contribution in [3.8, 4) is 0 Å². The number of hydrogen-bond acceptors (Lipinski definition) is 2. The van der Waals surface area contributed by atoms with E-state index in [1.54, 1.807) is 6.34 Å². The maximum absolute atomic E-state index is 4.39. The van der Waals surface area contributed by atoms with E-state index in [2.05, 4.69) is 50.5 Å². The Bertz CT molecular complexity index is 464. The van der Waals surface area contributed by atoms with Crippen LogP contribution >= 0.6 is 0 Å². The molecule has 0 unspecified atom stereocenters. The van der Waals surface area contributed by atoms with E-state index in [9.17, 15) is 0 Å². The summed E-state index contributed by atoms with van der Waals surface area (Å²) in [6.45, 7) is 10.7. The number of nitrogens with zero attached hydrogens (tertiary/aromatic N) is 2. The van der Waals surface area contributed by atoms with Crippen LogP contribution in [0.2, 0.25) is 0 Å². The summed E-state index contributed by atoms with van der Waals surface area (Å²) >= 11 is 0. The molecule has 1 aliphatic heterocycles. The smallest absolute Gasteiger partial charge is 0.0954 e. The molecule has 0 N–H and O–H groups in total. The van der Waals surface area contributed by atoms with Gasteiger partial charge in [-0.05, 0) is 23.1 Å². The lowest BCUT2D eigenvalue weighted by atomic mass is 9.85. The number of aliphatic imine (C=N–C) groups is 1. The summed E-state index contributed by atoms with van der Waals surface area (Å²) in [7, 11) is 1.97. The minimum absolute atomic E-state index is 0.162. The lowest BCUT2D eigenvalue weighted by Gasteiger charge is -2.26. The lowest BCUT2D eigenvalue weighted by molar-refractivity contribution is 0.589. The molecule has 84 valence electrons. The van der Waals surface area contributed by atoms with Crippen molar-refractivity contribution in [3.05, 3.63) is 35.9 Å². The van der Waals surface area contributed by atoms with Crippen LogP contribution < -0.4 is 0 Å². The van der Waals surface area contributed by atoms with E-state index in [1.807, 2.05) is 11.9 Å². The number of fused-ring (bicyclic) bond motifs is 1. The first kappa shape index (κ1) is 10.9. The normalized spacial score (nSPS) is 15.2. The van der Waals surface area contributed by atoms with E-state index < -0.39 is 0 Å². The number of hydrogen-bond donors (Lipinski definition) is 0. The molecule has 0 saturated carbocycles. The number of rotatable bonds is 0. The second kappa shape index (κ2) is 3.48. The van der Waals surface area contributed by atoms with Crippen molar-refractivity contribution in [1.82, 2.24) is 4.90 Å². The van der Waals surface area contributed by atoms with Crippen LogP contribution in [0.3, 0.4) is 0 Å². The van der Waals surface area contributed by atoms with Crippen molar-refractivity contribution in [3.63, 3.8) is 0 Å². The minimum atomic E-state index is 0.162. The first-order valence-corrected chi connectivity index (χ1v) is 5.50. The van der Waals surface area contributed by atoms with E-state index in [4.69, 9.17) is 0 Å². The summed E-state index contributed by atoms with van der Waals surface area (Å²) in [6, 6.07) is 6.42. The highest BCUT2D eigenvalue weighted by Gasteiger charge is 2.19. The van der Waals surface area contributed by atoms with Crippen molar-refractivity contribution in [2.45, 2.75) is 26.2 Å². The molecule has 1 aliphatic rings. The van der Waals surface area contributed by atoms with E-state index in [0.717, 1.165) is 16.9 Å². The minimum Gasteiger partial charge on any atom is -0.335 e. The molecular weight excluding hydrogens is 196 g/mol. The van der Waals surface area contributed by atoms with Crippen molar-refractivity contribution >= 4 is 17.7 Å². The average Bonchev–Trinajstić information content (AvgIpc) is 2.22. The van der Waals surface area contributed by atoms with Gasteiger partial charge in [0.2, 0.25) is 0 Å². The molecule has 16 heavy (non-hydrogen) atoms. The zero-order chi connectivity index (χ0) is 11.9. The van der Waals surface area contributed by atoms with Gasteiger partial charge in [0.05, 0.1) is 12.0 Å². The maximum atomic E-state index is 4.39. The van der Waals surface area contributed by atoms with Gasteiger partial charge in [0, 0.05) is 18.3 Å². The lowest BCUT2D eigenvalue weighted by Crippen LogP contribution is -2.18. The zero-order valence-corrected chi connectivity index (χ0v) is 10.4. The summed E-state index contributed by atoms with van der Waals surface area (Å²) in [6.07, 6.45) is 1.81. The SMILES string of the molecule is C=C1c2cc(C(C)(C)C)ccc2N=CN1C. The van der Waals surface area contributed by atoms with Crippen LogP contribution in [-0.2, 0) is 5.41 Å². The molecule has 2 nitrogen and oxygen atoms in total. The molecule has 0 saturated heterocycles. The third kappa shape index (κ3) is 1.75. The van der Waals surface area contributed by atoms with Crippen LogP contribution in [0.1, 0.15) is 31.9 Å². The second-order valence-corrected chi connectivity index (χ2v) is 5.28. The van der Waals surface area contributed by atoms with Gasteiger partial charge in [-0.3, -0.25) is 0 Å². The summed E-state index contributed by atoms with van der Waals surface area (Å²) in [5, 5.41) is 0. The van der Waals surface area contributed by atoms with Crippen LogP contribution in [0.25, 0.3) is 5.70 Å². The van der Waals surface area contributed by atoms with Crippen LogP contribution in [0, 0.1) is 0 Å². The Hall–Kier alpha value is -1.57. The van der Waals surface area contributed by atoms with E-state index in [-0.39, 0.29) is 5.41 Å². The quantitative estimate of drug-likeness (QED) is 0.644. The first-order chi connectivity index (χ1) is 7.39. The largest absolute Gasteiger partial charge is 0.335 e. The summed E-state index contributed by atoms with van der Waals surface area (Å²) in [5.74, 6) is 0. The highest BCUT2D eigenvalue weighted by molar-refractivity contribution is 5.86. The Balaban J connectivity index is 2.54. The summed E-state index contributed by atoms with van der Waals surface area (Å²) < 4.78 is 0. The van der Waals surface area contributed by atoms with E-state index in [1.165, 1.54) is 5.56 Å². The molecule has 0 radical (unpaired) electrons. The molecule has 1 heterocycles. The molecule has 0 amide bonds. The third-order valence-corrected chi connectivity index (χ3v) is 2.97. The molecule has 2 rings (SSSR count). The molecular formula is C14H18N2. The van der Waals surface area contributed by atoms with Gasteiger partial charge in [-0.25, -0.2) is 4.99 Å². The molecule has 0 aromatic heterocycles. The Morgan fingerprint density at radius 2 is 1.94 bits per heavy atom. The Morgan fingerprint density at radius 3 is 2.56 bits per heavy atom. The van der Waals surface area contributed by atoms with Gasteiger partial charge in [0.1, 0.15) is 0 Å². The molecule has 0 bridgehead atoms.